The molecule has 0 unspecified atom stereocenters. The summed E-state index contributed by atoms with van der Waals surface area (Å²) in [6.45, 7) is 1.93. The average molecular weight is 426 g/mol. The minimum absolute atomic E-state index is 0.00662. The number of aryl methyl sites for hydroxylation is 1. The maximum Gasteiger partial charge on any atom is 0.266 e. The Morgan fingerprint density at radius 1 is 1.07 bits per heavy atom. The van der Waals surface area contributed by atoms with E-state index in [1.54, 1.807) is 24.3 Å². The van der Waals surface area contributed by atoms with E-state index in [9.17, 15) is 13.2 Å². The Labute approximate surface area is 176 Å². The minimum atomic E-state index is -3.99. The van der Waals surface area contributed by atoms with Crippen molar-refractivity contribution >= 4 is 21.6 Å². The fourth-order valence-electron chi connectivity index (χ4n) is 2.78. The highest BCUT2D eigenvalue weighted by Gasteiger charge is 2.27. The normalized spacial score (nSPS) is 11.0. The monoisotopic (exact) mass is 425 g/mol. The van der Waals surface area contributed by atoms with Crippen molar-refractivity contribution in [2.24, 2.45) is 0 Å². The molecule has 0 spiro atoms. The molecule has 0 bridgehead atoms. The molecule has 0 saturated carbocycles. The van der Waals surface area contributed by atoms with Gasteiger partial charge in [-0.1, -0.05) is 29.8 Å². The van der Waals surface area contributed by atoms with Gasteiger partial charge in [-0.05, 0) is 48.9 Å². The summed E-state index contributed by atoms with van der Waals surface area (Å²) >= 11 is 0. The van der Waals surface area contributed by atoms with Crippen LogP contribution in [-0.4, -0.2) is 33.0 Å². The Bertz CT molecular complexity index is 1080. The van der Waals surface area contributed by atoms with Gasteiger partial charge in [0.15, 0.2) is 0 Å². The standard InChI is InChI=1S/C22H23N3O4S/c1-17-5-7-18(8-6-17)14-24-22(26)16-25(19-9-11-20(29-2)12-10-19)30(27,28)21-4-3-13-23-15-21/h3-13,15H,14,16H2,1-2H3,(H,24,26). The van der Waals surface area contributed by atoms with Crippen LogP contribution in [0.4, 0.5) is 5.69 Å². The van der Waals surface area contributed by atoms with Gasteiger partial charge in [0.2, 0.25) is 5.91 Å². The lowest BCUT2D eigenvalue weighted by molar-refractivity contribution is -0.119. The van der Waals surface area contributed by atoms with Crippen molar-refractivity contribution in [1.82, 2.24) is 10.3 Å². The van der Waals surface area contributed by atoms with E-state index in [2.05, 4.69) is 10.3 Å². The van der Waals surface area contributed by atoms with Crippen LogP contribution in [0.15, 0.2) is 78.0 Å². The van der Waals surface area contributed by atoms with Crippen molar-refractivity contribution in [2.75, 3.05) is 18.0 Å². The zero-order chi connectivity index (χ0) is 21.6. The van der Waals surface area contributed by atoms with Crippen LogP contribution in [0.5, 0.6) is 5.75 Å². The highest BCUT2D eigenvalue weighted by molar-refractivity contribution is 7.92. The quantitative estimate of drug-likeness (QED) is 0.600. The summed E-state index contributed by atoms with van der Waals surface area (Å²) in [4.78, 5) is 16.5. The van der Waals surface area contributed by atoms with E-state index in [1.807, 2.05) is 31.2 Å². The second kappa shape index (κ2) is 9.41. The van der Waals surface area contributed by atoms with Crippen LogP contribution in [0, 0.1) is 6.92 Å². The molecule has 0 aliphatic rings. The highest BCUT2D eigenvalue weighted by Crippen LogP contribution is 2.25. The first-order valence-corrected chi connectivity index (χ1v) is 10.7. The van der Waals surface area contributed by atoms with Crippen LogP contribution >= 0.6 is 0 Å². The molecule has 2 aromatic carbocycles. The van der Waals surface area contributed by atoms with E-state index < -0.39 is 15.9 Å². The number of amides is 1. The number of carbonyl (C=O) groups excluding carboxylic acids is 1. The fraction of sp³-hybridized carbons (Fsp3) is 0.182. The molecule has 156 valence electrons. The Morgan fingerprint density at radius 3 is 2.37 bits per heavy atom. The molecule has 3 rings (SSSR count). The van der Waals surface area contributed by atoms with Crippen molar-refractivity contribution in [1.29, 1.82) is 0 Å². The van der Waals surface area contributed by atoms with Gasteiger partial charge in [-0.2, -0.15) is 0 Å². The van der Waals surface area contributed by atoms with Crippen LogP contribution < -0.4 is 14.4 Å². The maximum atomic E-state index is 13.2. The number of pyridine rings is 1. The summed E-state index contributed by atoms with van der Waals surface area (Å²) in [5.41, 5.74) is 2.41. The van der Waals surface area contributed by atoms with E-state index in [1.165, 1.54) is 31.6 Å². The van der Waals surface area contributed by atoms with Gasteiger partial charge >= 0.3 is 0 Å². The van der Waals surface area contributed by atoms with Crippen molar-refractivity contribution in [2.45, 2.75) is 18.4 Å². The van der Waals surface area contributed by atoms with Crippen molar-refractivity contribution < 1.29 is 17.9 Å². The number of nitrogens with zero attached hydrogens (tertiary/aromatic N) is 2. The van der Waals surface area contributed by atoms with Crippen LogP contribution in [0.3, 0.4) is 0 Å². The summed E-state index contributed by atoms with van der Waals surface area (Å²) < 4.78 is 32.6. The number of nitrogens with one attached hydrogen (secondary N) is 1. The van der Waals surface area contributed by atoms with Crippen molar-refractivity contribution in [3.63, 3.8) is 0 Å². The number of carbonyl (C=O) groups is 1. The number of ether oxygens (including phenoxy) is 1. The van der Waals surface area contributed by atoms with E-state index in [0.717, 1.165) is 15.4 Å². The molecule has 30 heavy (non-hydrogen) atoms. The second-order valence-corrected chi connectivity index (χ2v) is 8.52. The molecule has 1 heterocycles. The summed E-state index contributed by atoms with van der Waals surface area (Å²) in [6, 6.07) is 17.2. The molecule has 0 atom stereocenters. The Kier molecular flexibility index (Phi) is 6.68. The van der Waals surface area contributed by atoms with Crippen LogP contribution in [-0.2, 0) is 21.4 Å². The molecule has 1 aromatic heterocycles. The summed E-state index contributed by atoms with van der Waals surface area (Å²) in [7, 11) is -2.46. The zero-order valence-electron chi connectivity index (χ0n) is 16.8. The van der Waals surface area contributed by atoms with Crippen LogP contribution in [0.25, 0.3) is 0 Å². The Hall–Kier alpha value is -3.39. The smallest absolute Gasteiger partial charge is 0.266 e. The number of aromatic nitrogens is 1. The number of benzene rings is 2. The molecule has 0 radical (unpaired) electrons. The predicted molar refractivity (Wildman–Crippen MR) is 115 cm³/mol. The molecule has 3 aromatic rings. The third kappa shape index (κ3) is 5.15. The predicted octanol–water partition coefficient (Wildman–Crippen LogP) is 2.91. The van der Waals surface area contributed by atoms with Crippen LogP contribution in [0.1, 0.15) is 11.1 Å². The van der Waals surface area contributed by atoms with Crippen molar-refractivity contribution in [3.8, 4) is 5.75 Å². The largest absolute Gasteiger partial charge is 0.497 e. The van der Waals surface area contributed by atoms with Gasteiger partial charge < -0.3 is 10.1 Å². The molecule has 0 aliphatic heterocycles. The zero-order valence-corrected chi connectivity index (χ0v) is 17.6. The number of methoxy groups -OCH3 is 1. The van der Waals surface area contributed by atoms with Gasteiger partial charge in [-0.15, -0.1) is 0 Å². The Balaban J connectivity index is 1.83. The molecule has 1 amide bonds. The topological polar surface area (TPSA) is 88.6 Å². The SMILES string of the molecule is COc1ccc(N(CC(=O)NCc2ccc(C)cc2)S(=O)(=O)c2cccnc2)cc1. The van der Waals surface area contributed by atoms with E-state index >= 15 is 0 Å². The van der Waals surface area contributed by atoms with E-state index in [4.69, 9.17) is 4.74 Å². The first kappa shape index (κ1) is 21.3. The van der Waals surface area contributed by atoms with E-state index in [0.29, 0.717) is 18.0 Å². The lowest BCUT2D eigenvalue weighted by Crippen LogP contribution is -2.40. The maximum absolute atomic E-state index is 13.2. The lowest BCUT2D eigenvalue weighted by atomic mass is 10.1. The molecule has 1 N–H and O–H groups in total. The van der Waals surface area contributed by atoms with Crippen LogP contribution in [0.2, 0.25) is 0 Å². The van der Waals surface area contributed by atoms with E-state index in [-0.39, 0.29) is 11.4 Å². The highest BCUT2D eigenvalue weighted by atomic mass is 32.2. The molecule has 7 nitrogen and oxygen atoms in total. The first-order valence-electron chi connectivity index (χ1n) is 9.29. The fourth-order valence-corrected chi connectivity index (χ4v) is 4.17. The molecule has 0 aliphatic carbocycles. The number of hydrogen-bond donors (Lipinski definition) is 1. The minimum Gasteiger partial charge on any atom is -0.497 e. The van der Waals surface area contributed by atoms with Gasteiger partial charge in [-0.25, -0.2) is 8.42 Å². The molecule has 0 saturated heterocycles. The lowest BCUT2D eigenvalue weighted by Gasteiger charge is -2.24. The van der Waals surface area contributed by atoms with Gasteiger partial charge in [-0.3, -0.25) is 14.1 Å². The number of sulfonamides is 1. The van der Waals surface area contributed by atoms with Crippen molar-refractivity contribution in [3.05, 3.63) is 84.2 Å². The second-order valence-electron chi connectivity index (χ2n) is 6.66. The summed E-state index contributed by atoms with van der Waals surface area (Å²) in [5.74, 6) is 0.167. The van der Waals surface area contributed by atoms with Gasteiger partial charge in [0.1, 0.15) is 17.2 Å². The Morgan fingerprint density at radius 2 is 1.77 bits per heavy atom. The molecular weight excluding hydrogens is 402 g/mol. The number of anilines is 1. The number of rotatable bonds is 8. The average Bonchev–Trinajstić information content (AvgIpc) is 2.77. The molecule has 8 heteroatoms. The third-order valence-electron chi connectivity index (χ3n) is 4.48. The summed E-state index contributed by atoms with van der Waals surface area (Å²) in [5, 5.41) is 2.78. The molecular formula is C22H23N3O4S. The van der Waals surface area contributed by atoms with Gasteiger partial charge in [0.05, 0.1) is 12.8 Å². The van der Waals surface area contributed by atoms with Gasteiger partial charge in [0, 0.05) is 18.9 Å². The molecule has 0 fully saturated rings. The summed E-state index contributed by atoms with van der Waals surface area (Å²) in [6.07, 6.45) is 2.75. The first-order chi connectivity index (χ1) is 14.4. The third-order valence-corrected chi connectivity index (χ3v) is 6.24. The number of hydrogen-bond acceptors (Lipinski definition) is 5. The van der Waals surface area contributed by atoms with Gasteiger partial charge in [0.25, 0.3) is 10.0 Å².